The maximum Gasteiger partial charge on any atom is 0.191 e. The van der Waals surface area contributed by atoms with Crippen molar-refractivity contribution in [3.05, 3.63) is 29.8 Å². The molecule has 1 aromatic carbocycles. The van der Waals surface area contributed by atoms with Gasteiger partial charge in [0.25, 0.3) is 0 Å². The predicted molar refractivity (Wildman–Crippen MR) is 81.8 cm³/mol. The Kier molecular flexibility index (Phi) is 5.39. The summed E-state index contributed by atoms with van der Waals surface area (Å²) >= 11 is 1.97. The van der Waals surface area contributed by atoms with E-state index in [-0.39, 0.29) is 0 Å². The summed E-state index contributed by atoms with van der Waals surface area (Å²) < 4.78 is 5.59. The van der Waals surface area contributed by atoms with Gasteiger partial charge in [-0.2, -0.15) is 11.8 Å². The van der Waals surface area contributed by atoms with Crippen molar-refractivity contribution in [2.75, 3.05) is 31.2 Å². The number of hydrogen-bond donors (Lipinski definition) is 1. The molecule has 1 aliphatic rings. The van der Waals surface area contributed by atoms with Crippen LogP contribution in [0.2, 0.25) is 0 Å². The number of nitrogens with two attached hydrogens (primary N) is 1. The molecule has 104 valence electrons. The number of para-hydroxylation sites is 1. The fraction of sp³-hybridized carbons (Fsp3) is 0.500. The summed E-state index contributed by atoms with van der Waals surface area (Å²) in [5.41, 5.74) is 7.13. The van der Waals surface area contributed by atoms with Crippen LogP contribution in [0.4, 0.5) is 0 Å². The molecule has 1 saturated heterocycles. The van der Waals surface area contributed by atoms with Crippen molar-refractivity contribution in [2.24, 2.45) is 10.7 Å². The Morgan fingerprint density at radius 3 is 2.84 bits per heavy atom. The Labute approximate surface area is 119 Å². The molecule has 1 aliphatic heterocycles. The highest BCUT2D eigenvalue weighted by molar-refractivity contribution is 7.99. The molecule has 1 heterocycles. The van der Waals surface area contributed by atoms with Crippen LogP contribution in [-0.4, -0.2) is 42.1 Å². The van der Waals surface area contributed by atoms with Crippen molar-refractivity contribution in [1.82, 2.24) is 4.90 Å². The Balaban J connectivity index is 2.00. The lowest BCUT2D eigenvalue weighted by atomic mass is 10.2. The van der Waals surface area contributed by atoms with Gasteiger partial charge < -0.3 is 15.4 Å². The number of rotatable bonds is 4. The van der Waals surface area contributed by atoms with E-state index >= 15 is 0 Å². The van der Waals surface area contributed by atoms with Crippen LogP contribution in [0.5, 0.6) is 5.75 Å². The third-order valence-electron chi connectivity index (χ3n) is 3.02. The van der Waals surface area contributed by atoms with Crippen LogP contribution in [0, 0.1) is 0 Å². The summed E-state index contributed by atoms with van der Waals surface area (Å²) in [4.78, 5) is 6.64. The molecule has 0 bridgehead atoms. The van der Waals surface area contributed by atoms with Gasteiger partial charge in [0, 0.05) is 30.2 Å². The smallest absolute Gasteiger partial charge is 0.191 e. The van der Waals surface area contributed by atoms with Gasteiger partial charge in [0.1, 0.15) is 5.75 Å². The minimum atomic E-state index is 0.575. The molecule has 0 spiro atoms. The summed E-state index contributed by atoms with van der Waals surface area (Å²) in [5.74, 6) is 3.81. The number of guanidine groups is 1. The number of benzene rings is 1. The zero-order chi connectivity index (χ0) is 13.5. The predicted octanol–water partition coefficient (Wildman–Crippen LogP) is 1.95. The van der Waals surface area contributed by atoms with E-state index in [2.05, 4.69) is 9.89 Å². The normalized spacial score (nSPS) is 16.5. The number of thioether (sulfide) groups is 1. The lowest BCUT2D eigenvalue weighted by molar-refractivity contribution is 0.336. The quantitative estimate of drug-likeness (QED) is 0.676. The summed E-state index contributed by atoms with van der Waals surface area (Å²) in [5, 5.41) is 0. The molecule has 0 aromatic heterocycles. The fourth-order valence-electron chi connectivity index (χ4n) is 1.99. The van der Waals surface area contributed by atoms with Gasteiger partial charge in [-0.1, -0.05) is 18.2 Å². The summed E-state index contributed by atoms with van der Waals surface area (Å²) in [6.45, 7) is 5.21. The third kappa shape index (κ3) is 4.06. The molecule has 19 heavy (non-hydrogen) atoms. The van der Waals surface area contributed by atoms with E-state index in [1.54, 1.807) is 0 Å². The number of ether oxygens (including phenoxy) is 1. The van der Waals surface area contributed by atoms with E-state index < -0.39 is 0 Å². The molecule has 5 heteroatoms. The van der Waals surface area contributed by atoms with Gasteiger partial charge in [-0.3, -0.25) is 0 Å². The first-order valence-electron chi connectivity index (χ1n) is 6.64. The van der Waals surface area contributed by atoms with Gasteiger partial charge in [-0.05, 0) is 13.0 Å². The molecular formula is C14H21N3OS. The summed E-state index contributed by atoms with van der Waals surface area (Å²) in [6, 6.07) is 7.99. The van der Waals surface area contributed by atoms with Crippen molar-refractivity contribution < 1.29 is 4.74 Å². The van der Waals surface area contributed by atoms with Crippen molar-refractivity contribution in [3.8, 4) is 5.75 Å². The Hall–Kier alpha value is -1.36. The largest absolute Gasteiger partial charge is 0.494 e. The molecule has 1 fully saturated rings. The maximum absolute atomic E-state index is 6.05. The summed E-state index contributed by atoms with van der Waals surface area (Å²) in [7, 11) is 0. The zero-order valence-electron chi connectivity index (χ0n) is 11.3. The number of aliphatic imine (C=N–C) groups is 1. The molecule has 1 aromatic rings. The van der Waals surface area contributed by atoms with Crippen LogP contribution < -0.4 is 10.5 Å². The molecule has 2 rings (SSSR count). The third-order valence-corrected chi connectivity index (χ3v) is 3.96. The van der Waals surface area contributed by atoms with E-state index in [0.717, 1.165) is 35.9 Å². The SMILES string of the molecule is CCOc1ccccc1CN=C(N)N1CCSCC1. The first-order valence-corrected chi connectivity index (χ1v) is 7.80. The molecule has 0 aliphatic carbocycles. The first kappa shape index (κ1) is 14.1. The minimum Gasteiger partial charge on any atom is -0.494 e. The second kappa shape index (κ2) is 7.28. The molecule has 2 N–H and O–H groups in total. The van der Waals surface area contributed by atoms with Crippen molar-refractivity contribution in [2.45, 2.75) is 13.5 Å². The van der Waals surface area contributed by atoms with Crippen LogP contribution in [0.3, 0.4) is 0 Å². The molecule has 0 atom stereocenters. The molecule has 0 unspecified atom stereocenters. The second-order valence-electron chi connectivity index (χ2n) is 4.31. The zero-order valence-corrected chi connectivity index (χ0v) is 12.2. The van der Waals surface area contributed by atoms with Crippen LogP contribution in [-0.2, 0) is 6.54 Å². The number of hydrogen-bond acceptors (Lipinski definition) is 3. The van der Waals surface area contributed by atoms with Gasteiger partial charge in [-0.15, -0.1) is 0 Å². The van der Waals surface area contributed by atoms with Crippen LogP contribution in [0.25, 0.3) is 0 Å². The molecule has 0 saturated carbocycles. The summed E-state index contributed by atoms with van der Waals surface area (Å²) in [6.07, 6.45) is 0. The van der Waals surface area contributed by atoms with E-state index in [1.807, 2.05) is 43.0 Å². The highest BCUT2D eigenvalue weighted by Crippen LogP contribution is 2.19. The average molecular weight is 279 g/mol. The average Bonchev–Trinajstić information content (AvgIpc) is 2.47. The Morgan fingerprint density at radius 2 is 2.11 bits per heavy atom. The lowest BCUT2D eigenvalue weighted by Crippen LogP contribution is -2.42. The van der Waals surface area contributed by atoms with Gasteiger partial charge in [0.15, 0.2) is 5.96 Å². The molecular weight excluding hydrogens is 258 g/mol. The molecule has 0 amide bonds. The Morgan fingerprint density at radius 1 is 1.37 bits per heavy atom. The van der Waals surface area contributed by atoms with Gasteiger partial charge in [0.2, 0.25) is 0 Å². The molecule has 4 nitrogen and oxygen atoms in total. The lowest BCUT2D eigenvalue weighted by Gasteiger charge is -2.27. The topological polar surface area (TPSA) is 50.9 Å². The van der Waals surface area contributed by atoms with Crippen molar-refractivity contribution in [1.29, 1.82) is 0 Å². The van der Waals surface area contributed by atoms with Gasteiger partial charge in [-0.25, -0.2) is 4.99 Å². The van der Waals surface area contributed by atoms with Crippen LogP contribution in [0.15, 0.2) is 29.3 Å². The number of nitrogens with zero attached hydrogens (tertiary/aromatic N) is 2. The standard InChI is InChI=1S/C14H21N3OS/c1-2-18-13-6-4-3-5-12(13)11-16-14(15)17-7-9-19-10-8-17/h3-6H,2,7-11H2,1H3,(H2,15,16). The van der Waals surface area contributed by atoms with Gasteiger partial charge >= 0.3 is 0 Å². The fourth-order valence-corrected chi connectivity index (χ4v) is 2.89. The Bertz CT molecular complexity index is 430. The van der Waals surface area contributed by atoms with Crippen molar-refractivity contribution >= 4 is 17.7 Å². The minimum absolute atomic E-state index is 0.575. The van der Waals surface area contributed by atoms with E-state index in [1.165, 1.54) is 0 Å². The maximum atomic E-state index is 6.05. The first-order chi connectivity index (χ1) is 9.31. The second-order valence-corrected chi connectivity index (χ2v) is 5.54. The molecule has 0 radical (unpaired) electrons. The van der Waals surface area contributed by atoms with Crippen LogP contribution in [0.1, 0.15) is 12.5 Å². The van der Waals surface area contributed by atoms with E-state index in [9.17, 15) is 0 Å². The van der Waals surface area contributed by atoms with Crippen LogP contribution >= 0.6 is 11.8 Å². The van der Waals surface area contributed by atoms with E-state index in [4.69, 9.17) is 10.5 Å². The van der Waals surface area contributed by atoms with E-state index in [0.29, 0.717) is 19.1 Å². The highest BCUT2D eigenvalue weighted by atomic mass is 32.2. The monoisotopic (exact) mass is 279 g/mol. The highest BCUT2D eigenvalue weighted by Gasteiger charge is 2.12. The van der Waals surface area contributed by atoms with Gasteiger partial charge in [0.05, 0.1) is 13.2 Å². The van der Waals surface area contributed by atoms with Crippen molar-refractivity contribution in [3.63, 3.8) is 0 Å².